The van der Waals surface area contributed by atoms with Gasteiger partial charge in [-0.3, -0.25) is 0 Å². The van der Waals surface area contributed by atoms with Gasteiger partial charge in [-0.05, 0) is 24.7 Å². The van der Waals surface area contributed by atoms with Crippen molar-refractivity contribution in [3.63, 3.8) is 0 Å². The van der Waals surface area contributed by atoms with E-state index in [2.05, 4.69) is 18.7 Å². The topological polar surface area (TPSA) is 38.8 Å². The number of nitrogens with zero attached hydrogens (tertiary/aromatic N) is 1. The Morgan fingerprint density at radius 1 is 1.04 bits per heavy atom. The van der Waals surface area contributed by atoms with Crippen LogP contribution in [0.25, 0.3) is 11.1 Å². The quantitative estimate of drug-likeness (QED) is 0.760. The normalized spacial score (nSPS) is 15.4. The molecule has 1 unspecified atom stereocenters. The second-order valence-electron chi connectivity index (χ2n) is 5.78. The molecular formula is C20H23NO3. The van der Waals surface area contributed by atoms with Crippen LogP contribution in [-0.4, -0.2) is 37.1 Å². The molecule has 0 aromatic heterocycles. The second kappa shape index (κ2) is 7.49. The molecule has 0 saturated carbocycles. The molecule has 2 aromatic rings. The molecule has 1 atom stereocenters. The molecule has 0 bridgehead atoms. The number of carbonyl (C=O) groups is 1. The molecule has 4 heteroatoms. The molecule has 1 heterocycles. The van der Waals surface area contributed by atoms with E-state index in [1.165, 1.54) is 0 Å². The van der Waals surface area contributed by atoms with Gasteiger partial charge >= 0.3 is 5.97 Å². The first kappa shape index (κ1) is 16.5. The van der Waals surface area contributed by atoms with Gasteiger partial charge < -0.3 is 14.4 Å². The third-order valence-corrected chi connectivity index (χ3v) is 4.43. The lowest BCUT2D eigenvalue weighted by Crippen LogP contribution is -2.30. The van der Waals surface area contributed by atoms with Crippen molar-refractivity contribution in [1.82, 2.24) is 4.90 Å². The van der Waals surface area contributed by atoms with Gasteiger partial charge in [-0.2, -0.15) is 0 Å². The van der Waals surface area contributed by atoms with Crippen LogP contribution in [-0.2, 0) is 9.53 Å². The number of benzene rings is 2. The first-order valence-corrected chi connectivity index (χ1v) is 8.48. The molecule has 0 fully saturated rings. The molecule has 126 valence electrons. The van der Waals surface area contributed by atoms with Gasteiger partial charge in [-0.25, -0.2) is 4.79 Å². The maximum atomic E-state index is 12.6. The highest BCUT2D eigenvalue weighted by Gasteiger charge is 2.32. The Labute approximate surface area is 143 Å². The highest BCUT2D eigenvalue weighted by Crippen LogP contribution is 2.42. The Kier molecular flexibility index (Phi) is 5.16. The average Bonchev–Trinajstić information content (AvgIpc) is 2.64. The standard InChI is InChI=1S/C20H23NO3/c1-3-21(4-2)13-14-23-20(22)19-17-11-6-5-9-15(17)16-10-7-8-12-18(16)24-19/h5-12,19H,3-4,13-14H2,1-2H3. The van der Waals surface area contributed by atoms with E-state index in [0.29, 0.717) is 6.61 Å². The number of rotatable bonds is 6. The Morgan fingerprint density at radius 2 is 1.71 bits per heavy atom. The van der Waals surface area contributed by atoms with Crippen LogP contribution in [0.15, 0.2) is 48.5 Å². The summed E-state index contributed by atoms with van der Waals surface area (Å²) in [5, 5.41) is 0. The monoisotopic (exact) mass is 325 g/mol. The largest absolute Gasteiger partial charge is 0.473 e. The summed E-state index contributed by atoms with van der Waals surface area (Å²) in [7, 11) is 0. The number of ether oxygens (including phenoxy) is 2. The van der Waals surface area contributed by atoms with Crippen LogP contribution >= 0.6 is 0 Å². The van der Waals surface area contributed by atoms with Crippen molar-refractivity contribution in [2.24, 2.45) is 0 Å². The number of esters is 1. The fraction of sp³-hybridized carbons (Fsp3) is 0.350. The molecule has 3 rings (SSSR count). The minimum atomic E-state index is -0.701. The van der Waals surface area contributed by atoms with Gasteiger partial charge in [0.15, 0.2) is 0 Å². The van der Waals surface area contributed by atoms with Crippen molar-refractivity contribution in [3.05, 3.63) is 54.1 Å². The number of hydrogen-bond donors (Lipinski definition) is 0. The molecule has 0 amide bonds. The summed E-state index contributed by atoms with van der Waals surface area (Å²) in [4.78, 5) is 14.8. The Balaban J connectivity index is 1.76. The van der Waals surface area contributed by atoms with Crippen LogP contribution in [0.1, 0.15) is 25.5 Å². The molecule has 0 N–H and O–H groups in total. The minimum Gasteiger partial charge on any atom is -0.473 e. The van der Waals surface area contributed by atoms with Crippen LogP contribution in [0.4, 0.5) is 0 Å². The molecule has 1 aliphatic rings. The molecule has 0 spiro atoms. The van der Waals surface area contributed by atoms with E-state index in [-0.39, 0.29) is 5.97 Å². The van der Waals surface area contributed by atoms with Crippen LogP contribution in [0.3, 0.4) is 0 Å². The van der Waals surface area contributed by atoms with E-state index in [9.17, 15) is 4.79 Å². The summed E-state index contributed by atoms with van der Waals surface area (Å²) in [5.74, 6) is 0.394. The zero-order chi connectivity index (χ0) is 16.9. The summed E-state index contributed by atoms with van der Waals surface area (Å²) in [6.45, 7) is 7.22. The van der Waals surface area contributed by atoms with Crippen LogP contribution < -0.4 is 4.74 Å². The summed E-state index contributed by atoms with van der Waals surface area (Å²) in [6.07, 6.45) is -0.701. The molecular weight excluding hydrogens is 302 g/mol. The van der Waals surface area contributed by atoms with Crippen molar-refractivity contribution < 1.29 is 14.3 Å². The van der Waals surface area contributed by atoms with Crippen molar-refractivity contribution in [1.29, 1.82) is 0 Å². The van der Waals surface area contributed by atoms with Gasteiger partial charge in [0.2, 0.25) is 6.10 Å². The lowest BCUT2D eigenvalue weighted by atomic mass is 9.93. The van der Waals surface area contributed by atoms with E-state index in [1.807, 2.05) is 48.5 Å². The third kappa shape index (κ3) is 3.29. The summed E-state index contributed by atoms with van der Waals surface area (Å²) < 4.78 is 11.4. The third-order valence-electron chi connectivity index (χ3n) is 4.43. The van der Waals surface area contributed by atoms with Gasteiger partial charge in [0.05, 0.1) is 0 Å². The van der Waals surface area contributed by atoms with E-state index < -0.39 is 6.10 Å². The minimum absolute atomic E-state index is 0.330. The fourth-order valence-electron chi connectivity index (χ4n) is 3.02. The molecule has 2 aromatic carbocycles. The molecule has 0 saturated heterocycles. The van der Waals surface area contributed by atoms with Crippen molar-refractivity contribution in [2.75, 3.05) is 26.2 Å². The summed E-state index contributed by atoms with van der Waals surface area (Å²) >= 11 is 0. The molecule has 1 aliphatic heterocycles. The number of para-hydroxylation sites is 1. The highest BCUT2D eigenvalue weighted by atomic mass is 16.6. The Bertz CT molecular complexity index is 710. The van der Waals surface area contributed by atoms with Gasteiger partial charge in [-0.15, -0.1) is 0 Å². The maximum absolute atomic E-state index is 12.6. The predicted molar refractivity (Wildman–Crippen MR) is 94.0 cm³/mol. The predicted octanol–water partition coefficient (Wildman–Crippen LogP) is 3.67. The number of fused-ring (bicyclic) bond motifs is 3. The number of carbonyl (C=O) groups excluding carboxylic acids is 1. The SMILES string of the molecule is CCN(CC)CCOC(=O)C1Oc2ccccc2-c2ccccc21. The highest BCUT2D eigenvalue weighted by molar-refractivity contribution is 5.85. The fourth-order valence-corrected chi connectivity index (χ4v) is 3.02. The number of hydrogen-bond acceptors (Lipinski definition) is 4. The Morgan fingerprint density at radius 3 is 2.46 bits per heavy atom. The zero-order valence-electron chi connectivity index (χ0n) is 14.2. The molecule has 0 radical (unpaired) electrons. The number of likely N-dealkylation sites (N-methyl/N-ethyl adjacent to an activating group) is 1. The zero-order valence-corrected chi connectivity index (χ0v) is 14.2. The van der Waals surface area contributed by atoms with E-state index in [1.54, 1.807) is 0 Å². The average molecular weight is 325 g/mol. The van der Waals surface area contributed by atoms with Crippen LogP contribution in [0.2, 0.25) is 0 Å². The van der Waals surface area contributed by atoms with E-state index >= 15 is 0 Å². The summed E-state index contributed by atoms with van der Waals surface area (Å²) in [6, 6.07) is 15.6. The lowest BCUT2D eigenvalue weighted by Gasteiger charge is -2.27. The van der Waals surface area contributed by atoms with Crippen molar-refractivity contribution >= 4 is 5.97 Å². The van der Waals surface area contributed by atoms with Crippen LogP contribution in [0.5, 0.6) is 5.75 Å². The van der Waals surface area contributed by atoms with E-state index in [0.717, 1.165) is 42.1 Å². The van der Waals surface area contributed by atoms with Gasteiger partial charge in [0, 0.05) is 17.7 Å². The van der Waals surface area contributed by atoms with Gasteiger partial charge in [0.1, 0.15) is 12.4 Å². The first-order valence-electron chi connectivity index (χ1n) is 8.48. The smallest absolute Gasteiger partial charge is 0.352 e. The Hall–Kier alpha value is -2.33. The second-order valence-corrected chi connectivity index (χ2v) is 5.78. The summed E-state index contributed by atoms with van der Waals surface area (Å²) in [5.41, 5.74) is 2.91. The van der Waals surface area contributed by atoms with Gasteiger partial charge in [0.25, 0.3) is 0 Å². The molecule has 4 nitrogen and oxygen atoms in total. The van der Waals surface area contributed by atoms with Crippen LogP contribution in [0, 0.1) is 0 Å². The first-order chi connectivity index (χ1) is 11.7. The lowest BCUT2D eigenvalue weighted by molar-refractivity contribution is -0.152. The molecule has 0 aliphatic carbocycles. The van der Waals surface area contributed by atoms with E-state index in [4.69, 9.17) is 9.47 Å². The van der Waals surface area contributed by atoms with Crippen molar-refractivity contribution in [2.45, 2.75) is 20.0 Å². The molecule has 24 heavy (non-hydrogen) atoms. The van der Waals surface area contributed by atoms with Gasteiger partial charge in [-0.1, -0.05) is 56.3 Å². The van der Waals surface area contributed by atoms with Crippen molar-refractivity contribution in [3.8, 4) is 16.9 Å². The maximum Gasteiger partial charge on any atom is 0.352 e.